The number of rotatable bonds is 4. The van der Waals surface area contributed by atoms with Crippen molar-refractivity contribution in [2.24, 2.45) is 0 Å². The molecule has 0 amide bonds. The largest absolute Gasteiger partial charge is 0.433 e. The number of halogens is 3. The highest BCUT2D eigenvalue weighted by atomic mass is 79.9. The molecular formula is C12H9BrClFN2O3. The van der Waals surface area contributed by atoms with Gasteiger partial charge in [-0.15, -0.1) is 0 Å². The highest BCUT2D eigenvalue weighted by Gasteiger charge is 2.23. The van der Waals surface area contributed by atoms with Crippen LogP contribution in [0.5, 0.6) is 0 Å². The SMILES string of the molecule is CNC(c1ccc([N+](=O)[O-])o1)c1cc(Cl)c(Br)cc1F. The van der Waals surface area contributed by atoms with Crippen LogP contribution in [0.2, 0.25) is 5.02 Å². The summed E-state index contributed by atoms with van der Waals surface area (Å²) in [7, 11) is 1.59. The monoisotopic (exact) mass is 362 g/mol. The van der Waals surface area contributed by atoms with E-state index in [4.69, 9.17) is 16.0 Å². The molecule has 1 heterocycles. The smallest absolute Gasteiger partial charge is 0.404 e. The van der Waals surface area contributed by atoms with Gasteiger partial charge in [0.15, 0.2) is 0 Å². The molecule has 2 rings (SSSR count). The third-order valence-electron chi connectivity index (χ3n) is 2.72. The van der Waals surface area contributed by atoms with Gasteiger partial charge in [0.05, 0.1) is 17.1 Å². The average Bonchev–Trinajstić information content (AvgIpc) is 2.86. The van der Waals surface area contributed by atoms with E-state index in [1.807, 2.05) is 0 Å². The first kappa shape index (κ1) is 15.0. The minimum atomic E-state index is -0.672. The van der Waals surface area contributed by atoms with E-state index in [-0.39, 0.29) is 11.3 Å². The Labute approximate surface area is 127 Å². The maximum absolute atomic E-state index is 14.0. The first-order valence-electron chi connectivity index (χ1n) is 5.50. The van der Waals surface area contributed by atoms with Gasteiger partial charge >= 0.3 is 5.88 Å². The van der Waals surface area contributed by atoms with Crippen molar-refractivity contribution < 1.29 is 13.7 Å². The van der Waals surface area contributed by atoms with E-state index in [9.17, 15) is 14.5 Å². The van der Waals surface area contributed by atoms with E-state index in [1.54, 1.807) is 7.05 Å². The standard InChI is InChI=1S/C12H9BrClFN2O3/c1-16-12(10-2-3-11(20-10)17(18)19)6-4-8(14)7(13)5-9(6)15/h2-5,12,16H,1H3. The summed E-state index contributed by atoms with van der Waals surface area (Å²) in [5, 5.41) is 13.8. The number of hydrogen-bond acceptors (Lipinski definition) is 4. The summed E-state index contributed by atoms with van der Waals surface area (Å²) in [6.07, 6.45) is 0. The molecule has 1 N–H and O–H groups in total. The first-order chi connectivity index (χ1) is 9.43. The Hall–Kier alpha value is -1.44. The fraction of sp³-hybridized carbons (Fsp3) is 0.167. The molecule has 0 aliphatic carbocycles. The molecule has 1 atom stereocenters. The van der Waals surface area contributed by atoms with Gasteiger partial charge in [-0.3, -0.25) is 10.1 Å². The summed E-state index contributed by atoms with van der Waals surface area (Å²) in [4.78, 5) is 9.97. The first-order valence-corrected chi connectivity index (χ1v) is 6.67. The lowest BCUT2D eigenvalue weighted by Gasteiger charge is -2.15. The van der Waals surface area contributed by atoms with Crippen molar-refractivity contribution in [3.05, 3.63) is 61.0 Å². The van der Waals surface area contributed by atoms with Crippen LogP contribution in [0.1, 0.15) is 17.4 Å². The highest BCUT2D eigenvalue weighted by Crippen LogP contribution is 2.33. The van der Waals surface area contributed by atoms with Crippen LogP contribution >= 0.6 is 27.5 Å². The molecule has 2 aromatic rings. The van der Waals surface area contributed by atoms with Gasteiger partial charge in [-0.1, -0.05) is 11.6 Å². The van der Waals surface area contributed by atoms with Crippen molar-refractivity contribution in [2.75, 3.05) is 7.05 Å². The Morgan fingerprint density at radius 2 is 2.20 bits per heavy atom. The van der Waals surface area contributed by atoms with Gasteiger partial charge in [0.1, 0.15) is 16.5 Å². The number of nitro groups is 1. The summed E-state index contributed by atoms with van der Waals surface area (Å²) < 4.78 is 19.5. The Bertz CT molecular complexity index is 662. The second-order valence-electron chi connectivity index (χ2n) is 3.94. The zero-order valence-electron chi connectivity index (χ0n) is 10.2. The van der Waals surface area contributed by atoms with Crippen LogP contribution < -0.4 is 5.32 Å². The molecule has 8 heteroatoms. The number of benzene rings is 1. The number of nitrogens with one attached hydrogen (secondary N) is 1. The van der Waals surface area contributed by atoms with Crippen LogP contribution in [0.25, 0.3) is 0 Å². The van der Waals surface area contributed by atoms with Crippen molar-refractivity contribution in [1.82, 2.24) is 5.32 Å². The second kappa shape index (κ2) is 5.90. The predicted molar refractivity (Wildman–Crippen MR) is 75.4 cm³/mol. The average molecular weight is 364 g/mol. The van der Waals surface area contributed by atoms with E-state index in [0.29, 0.717) is 9.50 Å². The van der Waals surface area contributed by atoms with Crippen LogP contribution in [0.4, 0.5) is 10.3 Å². The highest BCUT2D eigenvalue weighted by molar-refractivity contribution is 9.10. The molecule has 0 saturated carbocycles. The fourth-order valence-corrected chi connectivity index (χ4v) is 2.29. The topological polar surface area (TPSA) is 68.3 Å². The van der Waals surface area contributed by atoms with Gasteiger partial charge in [-0.2, -0.15) is 0 Å². The Balaban J connectivity index is 2.46. The molecule has 20 heavy (non-hydrogen) atoms. The van der Waals surface area contributed by atoms with Gasteiger partial charge in [-0.05, 0) is 41.2 Å². The van der Waals surface area contributed by atoms with Crippen molar-refractivity contribution in [1.29, 1.82) is 0 Å². The third-order valence-corrected chi connectivity index (χ3v) is 3.91. The normalized spacial score (nSPS) is 12.4. The summed E-state index contributed by atoms with van der Waals surface area (Å²) in [6, 6.07) is 4.65. The minimum Gasteiger partial charge on any atom is -0.404 e. The molecule has 0 bridgehead atoms. The Morgan fingerprint density at radius 3 is 2.75 bits per heavy atom. The molecule has 0 fully saturated rings. The minimum absolute atomic E-state index is 0.233. The van der Waals surface area contributed by atoms with Gasteiger partial charge in [0, 0.05) is 10.0 Å². The second-order valence-corrected chi connectivity index (χ2v) is 5.20. The number of nitrogens with zero attached hydrogens (tertiary/aromatic N) is 1. The molecule has 0 aliphatic rings. The molecule has 106 valence electrons. The quantitative estimate of drug-likeness (QED) is 0.505. The molecule has 0 aliphatic heterocycles. The lowest BCUT2D eigenvalue weighted by atomic mass is 10.0. The third kappa shape index (κ3) is 2.84. The summed E-state index contributed by atoms with van der Waals surface area (Å²) in [5.74, 6) is -0.667. The van der Waals surface area contributed by atoms with Gasteiger partial charge in [-0.25, -0.2) is 4.39 Å². The summed E-state index contributed by atoms with van der Waals surface area (Å²) in [6.45, 7) is 0. The zero-order valence-corrected chi connectivity index (χ0v) is 12.5. The zero-order chi connectivity index (χ0) is 14.9. The van der Waals surface area contributed by atoms with Crippen LogP contribution in [-0.4, -0.2) is 12.0 Å². The van der Waals surface area contributed by atoms with Crippen LogP contribution in [0.3, 0.4) is 0 Å². The molecule has 0 spiro atoms. The maximum atomic E-state index is 14.0. The maximum Gasteiger partial charge on any atom is 0.433 e. The van der Waals surface area contributed by atoms with Crippen molar-refractivity contribution >= 4 is 33.4 Å². The van der Waals surface area contributed by atoms with Crippen LogP contribution in [0.15, 0.2) is 33.2 Å². The van der Waals surface area contributed by atoms with Gasteiger partial charge < -0.3 is 9.73 Å². The Morgan fingerprint density at radius 1 is 1.50 bits per heavy atom. The van der Waals surface area contributed by atoms with Gasteiger partial charge in [0.25, 0.3) is 0 Å². The van der Waals surface area contributed by atoms with Crippen LogP contribution in [-0.2, 0) is 0 Å². The molecule has 1 aromatic heterocycles. The lowest BCUT2D eigenvalue weighted by molar-refractivity contribution is -0.402. The number of hydrogen-bond donors (Lipinski definition) is 1. The molecular weight excluding hydrogens is 354 g/mol. The van der Waals surface area contributed by atoms with Crippen LogP contribution in [0, 0.1) is 15.9 Å². The van der Waals surface area contributed by atoms with Crippen molar-refractivity contribution in [2.45, 2.75) is 6.04 Å². The van der Waals surface area contributed by atoms with E-state index in [1.165, 1.54) is 24.3 Å². The summed E-state index contributed by atoms with van der Waals surface area (Å²) in [5.41, 5.74) is 0.241. The Kier molecular flexibility index (Phi) is 4.42. The fourth-order valence-electron chi connectivity index (χ4n) is 1.81. The van der Waals surface area contributed by atoms with E-state index < -0.39 is 22.7 Å². The molecule has 1 aromatic carbocycles. The van der Waals surface area contributed by atoms with E-state index in [0.717, 1.165) is 0 Å². The molecule has 5 nitrogen and oxygen atoms in total. The van der Waals surface area contributed by atoms with E-state index in [2.05, 4.69) is 21.2 Å². The van der Waals surface area contributed by atoms with Crippen molar-refractivity contribution in [3.63, 3.8) is 0 Å². The summed E-state index contributed by atoms with van der Waals surface area (Å²) >= 11 is 9.08. The lowest BCUT2D eigenvalue weighted by Crippen LogP contribution is -2.18. The predicted octanol–water partition coefficient (Wildman–Crippen LogP) is 4.05. The van der Waals surface area contributed by atoms with Gasteiger partial charge in [0.2, 0.25) is 0 Å². The molecule has 0 saturated heterocycles. The van der Waals surface area contributed by atoms with Crippen molar-refractivity contribution in [3.8, 4) is 0 Å². The number of furan rings is 1. The van der Waals surface area contributed by atoms with E-state index >= 15 is 0 Å². The molecule has 0 radical (unpaired) electrons. The molecule has 1 unspecified atom stereocenters.